The number of hydrogen-bond donors (Lipinski definition) is 3. The molecule has 0 fully saturated rings. The van der Waals surface area contributed by atoms with E-state index < -0.39 is 97.5 Å². The summed E-state index contributed by atoms with van der Waals surface area (Å²) in [6, 6.07) is 0. The summed E-state index contributed by atoms with van der Waals surface area (Å²) in [6.45, 7) is 5.04. The van der Waals surface area contributed by atoms with Crippen molar-refractivity contribution in [2.45, 2.75) is 483 Å². The monoisotopic (exact) mass is 1520 g/mol. The van der Waals surface area contributed by atoms with Crippen molar-refractivity contribution in [3.63, 3.8) is 0 Å². The van der Waals surface area contributed by atoms with E-state index in [0.29, 0.717) is 25.7 Å². The van der Waals surface area contributed by atoms with Gasteiger partial charge in [-0.25, -0.2) is 9.13 Å². The molecule has 17 nitrogen and oxygen atoms in total. The highest BCUT2D eigenvalue weighted by Gasteiger charge is 2.30. The topological polar surface area (TPSA) is 237 Å². The number of ether oxygens (including phenoxy) is 4. The van der Waals surface area contributed by atoms with Gasteiger partial charge in [0.2, 0.25) is 0 Å². The molecular weight excluding hydrogens is 1350 g/mol. The van der Waals surface area contributed by atoms with Crippen molar-refractivity contribution in [2.75, 3.05) is 39.6 Å². The Balaban J connectivity index is 5.19. The lowest BCUT2D eigenvalue weighted by atomic mass is 10.0. The molecule has 0 aromatic rings. The summed E-state index contributed by atoms with van der Waals surface area (Å²) in [4.78, 5) is 73.1. The Kier molecular flexibility index (Phi) is 77.7. The van der Waals surface area contributed by atoms with Gasteiger partial charge in [0, 0.05) is 25.7 Å². The first-order valence-corrected chi connectivity index (χ1v) is 47.3. The quantitative estimate of drug-likeness (QED) is 0.0222. The predicted molar refractivity (Wildman–Crippen MR) is 428 cm³/mol. The van der Waals surface area contributed by atoms with Crippen molar-refractivity contribution in [2.24, 2.45) is 0 Å². The zero-order valence-corrected chi connectivity index (χ0v) is 69.8. The van der Waals surface area contributed by atoms with E-state index in [-0.39, 0.29) is 25.7 Å². The SMILES string of the molecule is CCCCCCCCCCCCCCCCCCCCCCCCC(=O)O[C@H](COC(=O)CCCCCCCCCCCCCCCCCCC)COP(=O)(O)OC[C@@H](O)COP(=O)(O)OC[C@@H](COC(=O)CCCCCCCCCCC)OC(=O)CCCCCCCCCCCCCCCCCC. The molecule has 0 bridgehead atoms. The molecule has 104 heavy (non-hydrogen) atoms. The highest BCUT2D eigenvalue weighted by atomic mass is 31.2. The number of esters is 4. The third-order valence-corrected chi connectivity index (χ3v) is 22.0. The molecule has 0 aliphatic heterocycles. The average Bonchev–Trinajstić information content (AvgIpc) is 0.908. The normalized spacial score (nSPS) is 13.7. The lowest BCUT2D eigenvalue weighted by Crippen LogP contribution is -2.30. The van der Waals surface area contributed by atoms with Crippen LogP contribution in [0.25, 0.3) is 0 Å². The Morgan fingerprint density at radius 1 is 0.231 bits per heavy atom. The highest BCUT2D eigenvalue weighted by molar-refractivity contribution is 7.47. The van der Waals surface area contributed by atoms with Crippen LogP contribution in [-0.2, 0) is 65.4 Å². The molecule has 0 aliphatic carbocycles. The summed E-state index contributed by atoms with van der Waals surface area (Å²) in [5.74, 6) is -2.10. The van der Waals surface area contributed by atoms with E-state index in [2.05, 4.69) is 27.7 Å². The van der Waals surface area contributed by atoms with E-state index in [1.807, 2.05) is 0 Å². The average molecular weight is 1520 g/mol. The minimum atomic E-state index is -4.96. The van der Waals surface area contributed by atoms with Crippen LogP contribution in [0.1, 0.15) is 464 Å². The zero-order valence-electron chi connectivity index (χ0n) is 68.0. The van der Waals surface area contributed by atoms with Gasteiger partial charge in [-0.3, -0.25) is 37.3 Å². The molecule has 2 unspecified atom stereocenters. The molecule has 5 atom stereocenters. The molecule has 0 saturated carbocycles. The van der Waals surface area contributed by atoms with Crippen molar-refractivity contribution in [1.29, 1.82) is 0 Å². The first kappa shape index (κ1) is 102. The van der Waals surface area contributed by atoms with Gasteiger partial charge in [-0.2, -0.15) is 0 Å². The van der Waals surface area contributed by atoms with Gasteiger partial charge < -0.3 is 33.8 Å². The summed E-state index contributed by atoms with van der Waals surface area (Å²) in [7, 11) is -9.92. The Morgan fingerprint density at radius 2 is 0.385 bits per heavy atom. The highest BCUT2D eigenvalue weighted by Crippen LogP contribution is 2.45. The molecule has 3 N–H and O–H groups in total. The van der Waals surface area contributed by atoms with Gasteiger partial charge >= 0.3 is 39.5 Å². The second kappa shape index (κ2) is 79.2. The lowest BCUT2D eigenvalue weighted by Gasteiger charge is -2.21. The maximum Gasteiger partial charge on any atom is 0.472 e. The molecule has 0 saturated heterocycles. The van der Waals surface area contributed by atoms with Gasteiger partial charge in [0.1, 0.15) is 19.3 Å². The van der Waals surface area contributed by atoms with Crippen LogP contribution in [0.15, 0.2) is 0 Å². The van der Waals surface area contributed by atoms with Crippen molar-refractivity contribution in [1.82, 2.24) is 0 Å². The van der Waals surface area contributed by atoms with Crippen molar-refractivity contribution >= 4 is 39.5 Å². The third kappa shape index (κ3) is 78.2. The predicted octanol–water partition coefficient (Wildman–Crippen LogP) is 26.1. The number of aliphatic hydroxyl groups excluding tert-OH is 1. The van der Waals surface area contributed by atoms with Gasteiger partial charge in [0.25, 0.3) is 0 Å². The third-order valence-electron chi connectivity index (χ3n) is 20.1. The summed E-state index contributed by atoms with van der Waals surface area (Å²) in [5, 5.41) is 10.7. The van der Waals surface area contributed by atoms with Crippen LogP contribution in [-0.4, -0.2) is 96.7 Å². The lowest BCUT2D eigenvalue weighted by molar-refractivity contribution is -0.161. The van der Waals surface area contributed by atoms with Crippen LogP contribution in [0.5, 0.6) is 0 Å². The zero-order chi connectivity index (χ0) is 76.0. The van der Waals surface area contributed by atoms with E-state index in [4.69, 9.17) is 37.0 Å². The van der Waals surface area contributed by atoms with Gasteiger partial charge in [0.05, 0.1) is 26.4 Å². The van der Waals surface area contributed by atoms with Crippen molar-refractivity contribution in [3.8, 4) is 0 Å². The van der Waals surface area contributed by atoms with Gasteiger partial charge in [0.15, 0.2) is 12.2 Å². The number of unbranched alkanes of at least 4 members (excludes halogenated alkanes) is 60. The number of rotatable bonds is 86. The molecule has 0 aromatic carbocycles. The number of carbonyl (C=O) groups excluding carboxylic acids is 4. The Bertz CT molecular complexity index is 1960. The first-order valence-electron chi connectivity index (χ1n) is 44.3. The molecule has 0 amide bonds. The molecule has 19 heteroatoms. The molecule has 618 valence electrons. The van der Waals surface area contributed by atoms with Gasteiger partial charge in [-0.1, -0.05) is 413 Å². The van der Waals surface area contributed by atoms with Crippen LogP contribution < -0.4 is 0 Å². The van der Waals surface area contributed by atoms with Crippen molar-refractivity contribution < 1.29 is 80.2 Å². The van der Waals surface area contributed by atoms with Crippen LogP contribution in [0, 0.1) is 0 Å². The standard InChI is InChI=1S/C85H166O17P2/c1-5-9-13-17-21-25-28-31-34-37-38-39-40-41-43-46-49-52-56-60-64-68-72-85(90)102-81(76-96-83(88)70-66-62-58-54-50-47-45-42-35-32-29-26-22-18-14-10-6-2)78-100-104(93,94)98-74-79(86)73-97-103(91,92)99-77-80(75-95-82(87)69-65-61-57-53-24-20-16-12-8-4)101-84(89)71-67-63-59-55-51-48-44-36-33-30-27-23-19-15-11-7-3/h79-81,86H,5-78H2,1-4H3,(H,91,92)(H,93,94)/t79-,80+,81+/m0/s1. The van der Waals surface area contributed by atoms with Gasteiger partial charge in [-0.05, 0) is 25.7 Å². The second-order valence-corrected chi connectivity index (χ2v) is 33.5. The molecule has 0 heterocycles. The maximum atomic E-state index is 13.1. The number of phosphoric acid groups is 2. The maximum absolute atomic E-state index is 13.1. The minimum absolute atomic E-state index is 0.109. The molecular formula is C85H166O17P2. The van der Waals surface area contributed by atoms with E-state index in [1.54, 1.807) is 0 Å². The number of aliphatic hydroxyl groups is 1. The van der Waals surface area contributed by atoms with E-state index >= 15 is 0 Å². The van der Waals surface area contributed by atoms with E-state index in [0.717, 1.165) is 89.9 Å². The minimum Gasteiger partial charge on any atom is -0.462 e. The smallest absolute Gasteiger partial charge is 0.462 e. The molecule has 0 radical (unpaired) electrons. The molecule has 0 aliphatic rings. The fourth-order valence-corrected chi connectivity index (χ4v) is 14.9. The van der Waals surface area contributed by atoms with Crippen molar-refractivity contribution in [3.05, 3.63) is 0 Å². The summed E-state index contributed by atoms with van der Waals surface area (Å²) in [5.41, 5.74) is 0. The summed E-state index contributed by atoms with van der Waals surface area (Å²) in [6.07, 6.45) is 73.7. The van der Waals surface area contributed by atoms with Crippen LogP contribution in [0.4, 0.5) is 0 Å². The van der Waals surface area contributed by atoms with Crippen LogP contribution in [0.2, 0.25) is 0 Å². The van der Waals surface area contributed by atoms with Crippen LogP contribution >= 0.6 is 15.6 Å². The Labute approximate surface area is 638 Å². The summed E-state index contributed by atoms with van der Waals surface area (Å²) >= 11 is 0. The fraction of sp³-hybridized carbons (Fsp3) is 0.953. The summed E-state index contributed by atoms with van der Waals surface area (Å²) < 4.78 is 68.8. The number of carbonyl (C=O) groups is 4. The largest absolute Gasteiger partial charge is 0.472 e. The molecule has 0 spiro atoms. The number of phosphoric ester groups is 2. The number of hydrogen-bond acceptors (Lipinski definition) is 15. The van der Waals surface area contributed by atoms with Gasteiger partial charge in [-0.15, -0.1) is 0 Å². The fourth-order valence-electron chi connectivity index (χ4n) is 13.3. The Hall–Kier alpha value is -1.94. The first-order chi connectivity index (χ1) is 50.7. The van der Waals surface area contributed by atoms with Crippen LogP contribution in [0.3, 0.4) is 0 Å². The van der Waals surface area contributed by atoms with E-state index in [9.17, 15) is 43.2 Å². The van der Waals surface area contributed by atoms with E-state index in [1.165, 1.54) is 295 Å². The Morgan fingerprint density at radius 3 is 0.567 bits per heavy atom. The molecule has 0 rings (SSSR count). The second-order valence-electron chi connectivity index (χ2n) is 30.6. The molecule has 0 aromatic heterocycles.